The number of ether oxygens (including phenoxy) is 1. The predicted octanol–water partition coefficient (Wildman–Crippen LogP) is 1.02. The van der Waals surface area contributed by atoms with Crippen molar-refractivity contribution in [3.05, 3.63) is 0 Å². The van der Waals surface area contributed by atoms with Gasteiger partial charge in [-0.25, -0.2) is 0 Å². The van der Waals surface area contributed by atoms with Crippen LogP contribution in [0.1, 0.15) is 19.8 Å². The molecule has 14 heavy (non-hydrogen) atoms. The van der Waals surface area contributed by atoms with E-state index in [0.717, 1.165) is 31.1 Å². The molecule has 0 saturated heterocycles. The van der Waals surface area contributed by atoms with Gasteiger partial charge in [0.25, 0.3) is 0 Å². The summed E-state index contributed by atoms with van der Waals surface area (Å²) in [5.41, 5.74) is 0. The molecule has 0 amide bonds. The Kier molecular flexibility index (Phi) is 5.44. The molecule has 1 rings (SSSR count). The van der Waals surface area contributed by atoms with Crippen molar-refractivity contribution >= 4 is 22.9 Å². The SMILES string of the molecule is CCOC(=O)CSC1=NCCCCN1. The number of nitrogens with one attached hydrogen (secondary N) is 1. The number of hydrogen-bond acceptors (Lipinski definition) is 5. The molecule has 0 aliphatic carbocycles. The van der Waals surface area contributed by atoms with E-state index >= 15 is 0 Å². The van der Waals surface area contributed by atoms with Gasteiger partial charge >= 0.3 is 5.97 Å². The topological polar surface area (TPSA) is 50.7 Å². The number of carbonyl (C=O) groups excluding carboxylic acids is 1. The zero-order valence-corrected chi connectivity index (χ0v) is 9.23. The minimum atomic E-state index is -0.175. The summed E-state index contributed by atoms with van der Waals surface area (Å²) in [4.78, 5) is 15.4. The molecule has 5 heteroatoms. The number of thioether (sulfide) groups is 1. The van der Waals surface area contributed by atoms with E-state index in [2.05, 4.69) is 10.3 Å². The van der Waals surface area contributed by atoms with Crippen LogP contribution in [0.5, 0.6) is 0 Å². The van der Waals surface area contributed by atoms with Crippen LogP contribution in [0.15, 0.2) is 4.99 Å². The fourth-order valence-electron chi connectivity index (χ4n) is 1.10. The Balaban J connectivity index is 2.22. The fraction of sp³-hybridized carbons (Fsp3) is 0.778. The van der Waals surface area contributed by atoms with Gasteiger partial charge in [-0.1, -0.05) is 11.8 Å². The summed E-state index contributed by atoms with van der Waals surface area (Å²) < 4.78 is 4.82. The van der Waals surface area contributed by atoms with E-state index < -0.39 is 0 Å². The van der Waals surface area contributed by atoms with Gasteiger partial charge in [-0.05, 0) is 19.8 Å². The number of amidine groups is 1. The number of carbonyl (C=O) groups is 1. The van der Waals surface area contributed by atoms with E-state index in [1.165, 1.54) is 11.8 Å². The average molecular weight is 216 g/mol. The van der Waals surface area contributed by atoms with Crippen LogP contribution in [0.3, 0.4) is 0 Å². The summed E-state index contributed by atoms with van der Waals surface area (Å²) >= 11 is 1.42. The second kappa shape index (κ2) is 6.70. The first-order chi connectivity index (χ1) is 6.83. The van der Waals surface area contributed by atoms with Crippen LogP contribution in [0, 0.1) is 0 Å². The predicted molar refractivity (Wildman–Crippen MR) is 58.6 cm³/mol. The van der Waals surface area contributed by atoms with Crippen LogP contribution in [-0.4, -0.2) is 36.6 Å². The molecule has 4 nitrogen and oxygen atoms in total. The lowest BCUT2D eigenvalue weighted by molar-refractivity contribution is -0.139. The molecule has 80 valence electrons. The number of rotatable bonds is 3. The summed E-state index contributed by atoms with van der Waals surface area (Å²) in [5.74, 6) is 0.172. The fourth-order valence-corrected chi connectivity index (χ4v) is 1.82. The minimum Gasteiger partial charge on any atom is -0.465 e. The van der Waals surface area contributed by atoms with Crippen LogP contribution in [0.4, 0.5) is 0 Å². The molecule has 0 bridgehead atoms. The number of nitrogens with zero attached hydrogens (tertiary/aromatic N) is 1. The van der Waals surface area contributed by atoms with Gasteiger partial charge in [0, 0.05) is 13.1 Å². The molecule has 1 aliphatic rings. The second-order valence-electron chi connectivity index (χ2n) is 2.91. The van der Waals surface area contributed by atoms with Crippen molar-refractivity contribution in [3.8, 4) is 0 Å². The van der Waals surface area contributed by atoms with Crippen molar-refractivity contribution in [2.45, 2.75) is 19.8 Å². The zero-order chi connectivity index (χ0) is 10.2. The molecule has 0 aromatic rings. The van der Waals surface area contributed by atoms with Crippen LogP contribution in [0.25, 0.3) is 0 Å². The first-order valence-electron chi connectivity index (χ1n) is 4.89. The molecule has 1 N–H and O–H groups in total. The second-order valence-corrected chi connectivity index (χ2v) is 3.88. The normalized spacial score (nSPS) is 16.5. The van der Waals surface area contributed by atoms with E-state index in [4.69, 9.17) is 4.74 Å². The van der Waals surface area contributed by atoms with Crippen molar-refractivity contribution < 1.29 is 9.53 Å². The zero-order valence-electron chi connectivity index (χ0n) is 8.41. The van der Waals surface area contributed by atoms with Crippen LogP contribution in [-0.2, 0) is 9.53 Å². The third-order valence-electron chi connectivity index (χ3n) is 1.75. The Hall–Kier alpha value is -0.710. The van der Waals surface area contributed by atoms with E-state index in [1.807, 2.05) is 6.92 Å². The molecule has 0 unspecified atom stereocenters. The maximum Gasteiger partial charge on any atom is 0.316 e. The lowest BCUT2D eigenvalue weighted by atomic mass is 10.3. The highest BCUT2D eigenvalue weighted by molar-refractivity contribution is 8.14. The summed E-state index contributed by atoms with van der Waals surface area (Å²) in [5, 5.41) is 4.06. The Bertz CT molecular complexity index is 219. The van der Waals surface area contributed by atoms with Crippen molar-refractivity contribution in [1.29, 1.82) is 0 Å². The lowest BCUT2D eigenvalue weighted by Crippen LogP contribution is -2.22. The molecule has 1 heterocycles. The molecule has 0 spiro atoms. The quantitative estimate of drug-likeness (QED) is 0.716. The van der Waals surface area contributed by atoms with Crippen molar-refractivity contribution in [2.75, 3.05) is 25.4 Å². The molecule has 0 fully saturated rings. The molecule has 0 aromatic heterocycles. The minimum absolute atomic E-state index is 0.175. The maximum atomic E-state index is 11.0. The summed E-state index contributed by atoms with van der Waals surface area (Å²) in [7, 11) is 0. The molecule has 0 aromatic carbocycles. The van der Waals surface area contributed by atoms with E-state index in [-0.39, 0.29) is 5.97 Å². The Morgan fingerprint density at radius 1 is 1.64 bits per heavy atom. The van der Waals surface area contributed by atoms with Crippen molar-refractivity contribution in [3.63, 3.8) is 0 Å². The Morgan fingerprint density at radius 3 is 3.29 bits per heavy atom. The lowest BCUT2D eigenvalue weighted by Gasteiger charge is -2.05. The van der Waals surface area contributed by atoms with Gasteiger partial charge in [0.1, 0.15) is 0 Å². The average Bonchev–Trinajstić information content (AvgIpc) is 2.43. The summed E-state index contributed by atoms with van der Waals surface area (Å²) in [6.07, 6.45) is 2.27. The standard InChI is InChI=1S/C9H16N2O2S/c1-2-13-8(12)7-14-9-10-5-3-4-6-11-9/h2-7H2,1H3,(H,10,11). The molecule has 0 atom stereocenters. The molecule has 0 saturated carbocycles. The third kappa shape index (κ3) is 4.50. The molecule has 1 aliphatic heterocycles. The first-order valence-corrected chi connectivity index (χ1v) is 5.88. The monoisotopic (exact) mass is 216 g/mol. The van der Waals surface area contributed by atoms with E-state index in [1.54, 1.807) is 0 Å². The first kappa shape index (κ1) is 11.4. The number of hydrogen-bond donors (Lipinski definition) is 1. The Morgan fingerprint density at radius 2 is 2.50 bits per heavy atom. The van der Waals surface area contributed by atoms with Gasteiger partial charge in [0.2, 0.25) is 0 Å². The van der Waals surface area contributed by atoms with Gasteiger partial charge in [0.05, 0.1) is 12.4 Å². The highest BCUT2D eigenvalue weighted by Gasteiger charge is 2.07. The Labute approximate surface area is 88.5 Å². The van der Waals surface area contributed by atoms with Gasteiger partial charge in [-0.15, -0.1) is 0 Å². The third-order valence-corrected chi connectivity index (χ3v) is 2.68. The van der Waals surface area contributed by atoms with Gasteiger partial charge in [0.15, 0.2) is 5.17 Å². The van der Waals surface area contributed by atoms with Crippen LogP contribution < -0.4 is 5.32 Å². The molecular formula is C9H16N2O2S. The van der Waals surface area contributed by atoms with Crippen molar-refractivity contribution in [1.82, 2.24) is 5.32 Å². The molecule has 0 radical (unpaired) electrons. The van der Waals surface area contributed by atoms with Gasteiger partial charge in [-0.3, -0.25) is 9.79 Å². The van der Waals surface area contributed by atoms with Crippen molar-refractivity contribution in [2.24, 2.45) is 4.99 Å². The van der Waals surface area contributed by atoms with Gasteiger partial charge < -0.3 is 10.1 Å². The highest BCUT2D eigenvalue weighted by Crippen LogP contribution is 2.06. The largest absolute Gasteiger partial charge is 0.465 e. The molecular weight excluding hydrogens is 200 g/mol. The smallest absolute Gasteiger partial charge is 0.316 e. The van der Waals surface area contributed by atoms with Crippen LogP contribution in [0.2, 0.25) is 0 Å². The summed E-state index contributed by atoms with van der Waals surface area (Å²) in [6.45, 7) is 4.07. The summed E-state index contributed by atoms with van der Waals surface area (Å²) in [6, 6.07) is 0. The maximum absolute atomic E-state index is 11.0. The highest BCUT2D eigenvalue weighted by atomic mass is 32.2. The van der Waals surface area contributed by atoms with E-state index in [0.29, 0.717) is 12.4 Å². The van der Waals surface area contributed by atoms with E-state index in [9.17, 15) is 4.79 Å². The number of aliphatic imine (C=N–C) groups is 1. The van der Waals surface area contributed by atoms with Crippen LogP contribution >= 0.6 is 11.8 Å². The van der Waals surface area contributed by atoms with Gasteiger partial charge in [-0.2, -0.15) is 0 Å². The number of esters is 1.